The van der Waals surface area contributed by atoms with Gasteiger partial charge in [0.05, 0.1) is 11.8 Å². The van der Waals surface area contributed by atoms with Gasteiger partial charge in [-0.1, -0.05) is 0 Å². The Hall–Kier alpha value is -1.89. The lowest BCUT2D eigenvalue weighted by Gasteiger charge is -1.85. The van der Waals surface area contributed by atoms with Gasteiger partial charge in [-0.2, -0.15) is 10.4 Å². The zero-order valence-corrected chi connectivity index (χ0v) is 5.61. The summed E-state index contributed by atoms with van der Waals surface area (Å²) < 4.78 is 0. The molecule has 1 aromatic rings. The van der Waals surface area contributed by atoms with Gasteiger partial charge < -0.3 is 0 Å². The van der Waals surface area contributed by atoms with Crippen molar-refractivity contribution in [1.29, 1.82) is 5.26 Å². The Bertz CT molecular complexity index is 338. The van der Waals surface area contributed by atoms with Gasteiger partial charge in [0, 0.05) is 12.1 Å². The van der Waals surface area contributed by atoms with E-state index in [1.807, 2.05) is 6.07 Å². The molecule has 0 saturated carbocycles. The molecule has 11 heavy (non-hydrogen) atoms. The smallest absolute Gasteiger partial charge is 0.264 e. The van der Waals surface area contributed by atoms with Crippen molar-refractivity contribution >= 4 is 6.08 Å². The third-order valence-corrected chi connectivity index (χ3v) is 1.03. The number of hydrogen-bond donors (Lipinski definition) is 1. The number of nitrogens with zero attached hydrogens (tertiary/aromatic N) is 2. The van der Waals surface area contributed by atoms with E-state index in [0.29, 0.717) is 5.69 Å². The van der Waals surface area contributed by atoms with E-state index in [2.05, 4.69) is 10.2 Å². The first kappa shape index (κ1) is 7.22. The van der Waals surface area contributed by atoms with Gasteiger partial charge in [-0.3, -0.25) is 4.79 Å². The third kappa shape index (κ3) is 2.06. The van der Waals surface area contributed by atoms with Crippen molar-refractivity contribution < 1.29 is 0 Å². The molecule has 0 bridgehead atoms. The molecule has 4 heteroatoms. The van der Waals surface area contributed by atoms with E-state index in [4.69, 9.17) is 5.26 Å². The van der Waals surface area contributed by atoms with E-state index < -0.39 is 0 Å². The lowest BCUT2D eigenvalue weighted by atomic mass is 10.3. The Morgan fingerprint density at radius 3 is 3.00 bits per heavy atom. The molecule has 0 aliphatic carbocycles. The van der Waals surface area contributed by atoms with Gasteiger partial charge in [0.25, 0.3) is 5.56 Å². The van der Waals surface area contributed by atoms with Crippen LogP contribution in [0.25, 0.3) is 6.08 Å². The number of nitrogens with one attached hydrogen (secondary N) is 1. The van der Waals surface area contributed by atoms with Gasteiger partial charge in [-0.05, 0) is 12.1 Å². The number of H-pyrrole nitrogens is 1. The average molecular weight is 147 g/mol. The normalized spacial score (nSPS) is 9.73. The predicted octanol–water partition coefficient (Wildman–Crippen LogP) is 0.307. The van der Waals surface area contributed by atoms with Gasteiger partial charge in [0.15, 0.2) is 0 Å². The Morgan fingerprint density at radius 2 is 2.45 bits per heavy atom. The van der Waals surface area contributed by atoms with E-state index in [1.165, 1.54) is 24.3 Å². The number of hydrogen-bond acceptors (Lipinski definition) is 3. The van der Waals surface area contributed by atoms with Crippen molar-refractivity contribution in [3.05, 3.63) is 34.3 Å². The molecule has 0 fully saturated rings. The summed E-state index contributed by atoms with van der Waals surface area (Å²) in [6, 6.07) is 4.70. The minimum atomic E-state index is -0.251. The second kappa shape index (κ2) is 3.32. The highest BCUT2D eigenvalue weighted by Gasteiger charge is 1.85. The van der Waals surface area contributed by atoms with Crippen LogP contribution in [0.15, 0.2) is 23.0 Å². The molecule has 1 heterocycles. The Balaban J connectivity index is 2.92. The van der Waals surface area contributed by atoms with Crippen LogP contribution in [0.5, 0.6) is 0 Å². The molecule has 0 atom stereocenters. The highest BCUT2D eigenvalue weighted by Crippen LogP contribution is 1.90. The summed E-state index contributed by atoms with van der Waals surface area (Å²) in [7, 11) is 0. The Morgan fingerprint density at radius 1 is 1.64 bits per heavy atom. The maximum atomic E-state index is 10.5. The number of nitriles is 1. The Kier molecular flexibility index (Phi) is 2.18. The molecule has 0 radical (unpaired) electrons. The summed E-state index contributed by atoms with van der Waals surface area (Å²) in [5.74, 6) is 0. The first-order valence-corrected chi connectivity index (χ1v) is 2.95. The molecule has 1 N–H and O–H groups in total. The number of rotatable bonds is 1. The number of allylic oxidation sites excluding steroid dienone is 1. The van der Waals surface area contributed by atoms with Crippen molar-refractivity contribution in [1.82, 2.24) is 10.2 Å². The Labute approximate surface area is 62.8 Å². The minimum absolute atomic E-state index is 0.251. The second-order valence-electron chi connectivity index (χ2n) is 1.81. The molecule has 0 aliphatic rings. The summed E-state index contributed by atoms with van der Waals surface area (Å²) in [4.78, 5) is 10.5. The van der Waals surface area contributed by atoms with Crippen LogP contribution in [0.1, 0.15) is 5.69 Å². The van der Waals surface area contributed by atoms with Crippen LogP contribution in [0.4, 0.5) is 0 Å². The van der Waals surface area contributed by atoms with Gasteiger partial charge in [-0.15, -0.1) is 0 Å². The molecular formula is C7H5N3O. The van der Waals surface area contributed by atoms with Crippen LogP contribution >= 0.6 is 0 Å². The third-order valence-electron chi connectivity index (χ3n) is 1.03. The lowest BCUT2D eigenvalue weighted by Crippen LogP contribution is -2.05. The molecule has 1 rings (SSSR count). The molecular weight excluding hydrogens is 142 g/mol. The zero-order chi connectivity index (χ0) is 8.10. The topological polar surface area (TPSA) is 69.5 Å². The molecule has 0 saturated heterocycles. The number of aromatic nitrogens is 2. The van der Waals surface area contributed by atoms with Gasteiger partial charge in [0.1, 0.15) is 0 Å². The largest absolute Gasteiger partial charge is 0.268 e. The summed E-state index contributed by atoms with van der Waals surface area (Å²) in [5, 5.41) is 14.0. The lowest BCUT2D eigenvalue weighted by molar-refractivity contribution is 0.977. The first-order valence-electron chi connectivity index (χ1n) is 2.95. The zero-order valence-electron chi connectivity index (χ0n) is 5.61. The molecule has 0 amide bonds. The minimum Gasteiger partial charge on any atom is -0.268 e. The maximum absolute atomic E-state index is 10.5. The van der Waals surface area contributed by atoms with Crippen LogP contribution in [-0.4, -0.2) is 10.2 Å². The van der Waals surface area contributed by atoms with E-state index >= 15 is 0 Å². The highest BCUT2D eigenvalue weighted by atomic mass is 16.1. The summed E-state index contributed by atoms with van der Waals surface area (Å²) in [6.07, 6.45) is 2.80. The van der Waals surface area contributed by atoms with E-state index in [9.17, 15) is 4.79 Å². The van der Waals surface area contributed by atoms with Gasteiger partial charge in [0.2, 0.25) is 0 Å². The van der Waals surface area contributed by atoms with Crippen LogP contribution in [0, 0.1) is 11.3 Å². The molecule has 0 aliphatic heterocycles. The first-order chi connectivity index (χ1) is 5.33. The average Bonchev–Trinajstić information content (AvgIpc) is 2.04. The monoisotopic (exact) mass is 147 g/mol. The van der Waals surface area contributed by atoms with Crippen LogP contribution in [-0.2, 0) is 0 Å². The molecule has 4 nitrogen and oxygen atoms in total. The van der Waals surface area contributed by atoms with Gasteiger partial charge >= 0.3 is 0 Å². The molecule has 0 aromatic carbocycles. The molecule has 54 valence electrons. The predicted molar refractivity (Wildman–Crippen MR) is 39.5 cm³/mol. The van der Waals surface area contributed by atoms with Crippen molar-refractivity contribution in [3.63, 3.8) is 0 Å². The van der Waals surface area contributed by atoms with E-state index in [1.54, 1.807) is 0 Å². The van der Waals surface area contributed by atoms with Crippen LogP contribution in [0.3, 0.4) is 0 Å². The molecule has 1 aromatic heterocycles. The van der Waals surface area contributed by atoms with Crippen molar-refractivity contribution in [2.24, 2.45) is 0 Å². The van der Waals surface area contributed by atoms with Gasteiger partial charge in [-0.25, -0.2) is 5.10 Å². The van der Waals surface area contributed by atoms with Crippen LogP contribution < -0.4 is 5.56 Å². The fourth-order valence-electron chi connectivity index (χ4n) is 0.571. The summed E-state index contributed by atoms with van der Waals surface area (Å²) in [5.41, 5.74) is 0.310. The van der Waals surface area contributed by atoms with Crippen molar-refractivity contribution in [3.8, 4) is 6.07 Å². The summed E-state index contributed by atoms with van der Waals surface area (Å²) >= 11 is 0. The molecule has 0 unspecified atom stereocenters. The number of aromatic amines is 1. The van der Waals surface area contributed by atoms with Crippen LogP contribution in [0.2, 0.25) is 0 Å². The highest BCUT2D eigenvalue weighted by molar-refractivity contribution is 5.46. The quantitative estimate of drug-likeness (QED) is 0.581. The maximum Gasteiger partial charge on any atom is 0.264 e. The fourth-order valence-corrected chi connectivity index (χ4v) is 0.571. The standard InChI is InChI=1S/C7H5N3O/c8-5-1-2-6-3-4-7(11)10-9-6/h1-4H,(H,10,11). The van der Waals surface area contributed by atoms with Crippen molar-refractivity contribution in [2.45, 2.75) is 0 Å². The van der Waals surface area contributed by atoms with Crippen molar-refractivity contribution in [2.75, 3.05) is 0 Å². The fraction of sp³-hybridized carbons (Fsp3) is 0. The summed E-state index contributed by atoms with van der Waals surface area (Å²) in [6.45, 7) is 0. The van der Waals surface area contributed by atoms with E-state index in [-0.39, 0.29) is 5.56 Å². The second-order valence-corrected chi connectivity index (χ2v) is 1.81. The van der Waals surface area contributed by atoms with E-state index in [0.717, 1.165) is 0 Å². The molecule has 0 spiro atoms. The SMILES string of the molecule is N#CC=Cc1ccc(=O)[nH]n1.